The summed E-state index contributed by atoms with van der Waals surface area (Å²) >= 11 is 5.66. The molecule has 0 aromatic heterocycles. The molecule has 0 fully saturated rings. The smallest absolute Gasteiger partial charge is 0.196 e. The Morgan fingerprint density at radius 1 is 1.21 bits per heavy atom. The third-order valence-electron chi connectivity index (χ3n) is 2.62. The second-order valence-electron chi connectivity index (χ2n) is 3.89. The molecule has 0 spiro atoms. The van der Waals surface area contributed by atoms with Crippen LogP contribution < -0.4 is 4.74 Å². The zero-order chi connectivity index (χ0) is 13.8. The molecule has 0 amide bonds. The summed E-state index contributed by atoms with van der Waals surface area (Å²) in [5, 5.41) is -0.0585. The van der Waals surface area contributed by atoms with E-state index in [0.717, 1.165) is 0 Å². The van der Waals surface area contributed by atoms with Crippen molar-refractivity contribution >= 4 is 17.4 Å². The third kappa shape index (κ3) is 2.93. The van der Waals surface area contributed by atoms with Gasteiger partial charge < -0.3 is 4.74 Å². The van der Waals surface area contributed by atoms with Crippen molar-refractivity contribution in [2.75, 3.05) is 6.61 Å². The molecule has 0 radical (unpaired) electrons. The molecule has 0 unspecified atom stereocenters. The highest BCUT2D eigenvalue weighted by atomic mass is 35.5. The molecule has 2 nitrogen and oxygen atoms in total. The summed E-state index contributed by atoms with van der Waals surface area (Å²) < 4.78 is 19.0. The van der Waals surface area contributed by atoms with Gasteiger partial charge in [-0.1, -0.05) is 17.7 Å². The molecule has 98 valence electrons. The molecule has 2 aromatic rings. The van der Waals surface area contributed by atoms with Crippen LogP contribution in [-0.4, -0.2) is 12.4 Å². The lowest BCUT2D eigenvalue weighted by Crippen LogP contribution is -2.04. The Labute approximate surface area is 115 Å². The summed E-state index contributed by atoms with van der Waals surface area (Å²) in [4.78, 5) is 12.1. The maximum atomic E-state index is 13.8. The number of hydrogen-bond donors (Lipinski definition) is 0. The van der Waals surface area contributed by atoms with Crippen LogP contribution in [0.1, 0.15) is 22.8 Å². The molecule has 0 saturated carbocycles. The van der Waals surface area contributed by atoms with Crippen molar-refractivity contribution in [3.8, 4) is 5.75 Å². The zero-order valence-corrected chi connectivity index (χ0v) is 11.1. The van der Waals surface area contributed by atoms with Gasteiger partial charge in [-0.2, -0.15) is 0 Å². The van der Waals surface area contributed by atoms with E-state index < -0.39 is 11.6 Å². The maximum Gasteiger partial charge on any atom is 0.196 e. The Hall–Kier alpha value is -1.87. The van der Waals surface area contributed by atoms with Crippen molar-refractivity contribution in [2.24, 2.45) is 0 Å². The van der Waals surface area contributed by atoms with E-state index in [9.17, 15) is 9.18 Å². The van der Waals surface area contributed by atoms with E-state index in [0.29, 0.717) is 17.9 Å². The summed E-state index contributed by atoms with van der Waals surface area (Å²) in [6, 6.07) is 10.9. The molecule has 0 aliphatic carbocycles. The molecular formula is C15H12ClFO2. The fourth-order valence-electron chi connectivity index (χ4n) is 1.70. The van der Waals surface area contributed by atoms with Gasteiger partial charge in [-0.3, -0.25) is 4.79 Å². The number of halogens is 2. The quantitative estimate of drug-likeness (QED) is 0.787. The SMILES string of the molecule is CCOc1ccc(C(=O)c2cccc(Cl)c2F)cc1. The lowest BCUT2D eigenvalue weighted by molar-refractivity contribution is 0.103. The Bertz CT molecular complexity index is 594. The van der Waals surface area contributed by atoms with Crippen molar-refractivity contribution in [2.45, 2.75) is 6.92 Å². The van der Waals surface area contributed by atoms with Gasteiger partial charge >= 0.3 is 0 Å². The average molecular weight is 279 g/mol. The molecule has 0 aliphatic rings. The normalized spacial score (nSPS) is 10.3. The minimum Gasteiger partial charge on any atom is -0.494 e. The standard InChI is InChI=1S/C15H12ClFO2/c1-2-19-11-8-6-10(7-9-11)15(18)12-4-3-5-13(16)14(12)17/h3-9H,2H2,1H3. The fraction of sp³-hybridized carbons (Fsp3) is 0.133. The second-order valence-corrected chi connectivity index (χ2v) is 4.30. The molecule has 4 heteroatoms. The van der Waals surface area contributed by atoms with Gasteiger partial charge in [-0.15, -0.1) is 0 Å². The van der Waals surface area contributed by atoms with Gasteiger partial charge in [0.1, 0.15) is 5.75 Å². The van der Waals surface area contributed by atoms with Crippen LogP contribution in [0.4, 0.5) is 4.39 Å². The van der Waals surface area contributed by atoms with Crippen molar-refractivity contribution in [3.63, 3.8) is 0 Å². The number of hydrogen-bond acceptors (Lipinski definition) is 2. The Balaban J connectivity index is 2.31. The molecule has 0 heterocycles. The minimum absolute atomic E-state index is 0.0309. The van der Waals surface area contributed by atoms with Crippen LogP contribution in [0.2, 0.25) is 5.02 Å². The summed E-state index contributed by atoms with van der Waals surface area (Å²) in [6.45, 7) is 2.43. The van der Waals surface area contributed by atoms with Crippen LogP contribution in [0, 0.1) is 5.82 Å². The van der Waals surface area contributed by atoms with Crippen molar-refractivity contribution in [1.29, 1.82) is 0 Å². The van der Waals surface area contributed by atoms with E-state index in [-0.39, 0.29) is 10.6 Å². The molecule has 0 aliphatic heterocycles. The summed E-state index contributed by atoms with van der Waals surface area (Å²) in [7, 11) is 0. The highest BCUT2D eigenvalue weighted by molar-refractivity contribution is 6.31. The van der Waals surface area contributed by atoms with Crippen molar-refractivity contribution < 1.29 is 13.9 Å². The van der Waals surface area contributed by atoms with Crippen molar-refractivity contribution in [3.05, 3.63) is 64.4 Å². The highest BCUT2D eigenvalue weighted by Crippen LogP contribution is 2.21. The molecule has 0 bridgehead atoms. The molecule has 19 heavy (non-hydrogen) atoms. The topological polar surface area (TPSA) is 26.3 Å². The summed E-state index contributed by atoms with van der Waals surface area (Å²) in [5.74, 6) is -0.420. The van der Waals surface area contributed by atoms with E-state index in [2.05, 4.69) is 0 Å². The largest absolute Gasteiger partial charge is 0.494 e. The van der Waals surface area contributed by atoms with Gasteiger partial charge in [0.25, 0.3) is 0 Å². The average Bonchev–Trinajstić information content (AvgIpc) is 2.42. The predicted octanol–water partition coefficient (Wildman–Crippen LogP) is 4.11. The first kappa shape index (κ1) is 13.6. The first-order valence-corrected chi connectivity index (χ1v) is 6.23. The van der Waals surface area contributed by atoms with Crippen LogP contribution in [0.3, 0.4) is 0 Å². The lowest BCUT2D eigenvalue weighted by Gasteiger charge is -2.06. The van der Waals surface area contributed by atoms with E-state index in [1.165, 1.54) is 12.1 Å². The van der Waals surface area contributed by atoms with E-state index >= 15 is 0 Å². The fourth-order valence-corrected chi connectivity index (χ4v) is 1.88. The first-order chi connectivity index (χ1) is 9.13. The van der Waals surface area contributed by atoms with Gasteiger partial charge in [0, 0.05) is 5.56 Å². The van der Waals surface area contributed by atoms with Gasteiger partial charge in [0.15, 0.2) is 11.6 Å². The monoisotopic (exact) mass is 278 g/mol. The molecule has 0 atom stereocenters. The number of carbonyl (C=O) groups excluding carboxylic acids is 1. The second kappa shape index (κ2) is 5.85. The maximum absolute atomic E-state index is 13.8. The van der Waals surface area contributed by atoms with Gasteiger partial charge in [-0.25, -0.2) is 4.39 Å². The van der Waals surface area contributed by atoms with Gasteiger partial charge in [0.05, 0.1) is 17.2 Å². The molecule has 0 N–H and O–H groups in total. The minimum atomic E-state index is -0.692. The molecule has 2 rings (SSSR count). The van der Waals surface area contributed by atoms with Gasteiger partial charge in [-0.05, 0) is 43.3 Å². The number of ether oxygens (including phenoxy) is 1. The van der Waals surface area contributed by atoms with E-state index in [1.807, 2.05) is 6.92 Å². The first-order valence-electron chi connectivity index (χ1n) is 5.85. The van der Waals surface area contributed by atoms with Crippen LogP contribution >= 0.6 is 11.6 Å². The number of rotatable bonds is 4. The van der Waals surface area contributed by atoms with Crippen LogP contribution in [0.5, 0.6) is 5.75 Å². The zero-order valence-electron chi connectivity index (χ0n) is 10.3. The highest BCUT2D eigenvalue weighted by Gasteiger charge is 2.15. The molecular weight excluding hydrogens is 267 g/mol. The molecule has 2 aromatic carbocycles. The summed E-state index contributed by atoms with van der Waals surface area (Å²) in [5.41, 5.74) is 0.362. The van der Waals surface area contributed by atoms with Crippen molar-refractivity contribution in [1.82, 2.24) is 0 Å². The van der Waals surface area contributed by atoms with Crippen LogP contribution in [0.25, 0.3) is 0 Å². The molecule has 0 saturated heterocycles. The van der Waals surface area contributed by atoms with Crippen LogP contribution in [0.15, 0.2) is 42.5 Å². The third-order valence-corrected chi connectivity index (χ3v) is 2.92. The summed E-state index contributed by atoms with van der Waals surface area (Å²) in [6.07, 6.45) is 0. The number of ketones is 1. The van der Waals surface area contributed by atoms with E-state index in [1.54, 1.807) is 30.3 Å². The van der Waals surface area contributed by atoms with Gasteiger partial charge in [0.2, 0.25) is 0 Å². The van der Waals surface area contributed by atoms with Crippen LogP contribution in [-0.2, 0) is 0 Å². The Morgan fingerprint density at radius 3 is 2.53 bits per heavy atom. The Morgan fingerprint density at radius 2 is 1.89 bits per heavy atom. The predicted molar refractivity (Wildman–Crippen MR) is 72.5 cm³/mol. The number of carbonyl (C=O) groups is 1. The Kier molecular flexibility index (Phi) is 4.17. The lowest BCUT2D eigenvalue weighted by atomic mass is 10.0. The number of benzene rings is 2. The van der Waals surface area contributed by atoms with E-state index in [4.69, 9.17) is 16.3 Å².